The van der Waals surface area contributed by atoms with Gasteiger partial charge in [-0.25, -0.2) is 8.42 Å². The van der Waals surface area contributed by atoms with Crippen molar-refractivity contribution in [2.45, 2.75) is 333 Å². The summed E-state index contributed by atoms with van der Waals surface area (Å²) in [5.41, 5.74) is -2.34. The molecule has 2 heterocycles. The van der Waals surface area contributed by atoms with Gasteiger partial charge in [0.25, 0.3) is 0 Å². The summed E-state index contributed by atoms with van der Waals surface area (Å²) in [7, 11) is -5.21. The van der Waals surface area contributed by atoms with E-state index in [2.05, 4.69) is 142 Å². The predicted molar refractivity (Wildman–Crippen MR) is 476 cm³/mol. The van der Waals surface area contributed by atoms with Crippen molar-refractivity contribution in [3.8, 4) is 22.1 Å². The molecular formula is C101H139F3O17S2. The second kappa shape index (κ2) is 38.6. The molecule has 123 heavy (non-hydrogen) atoms. The van der Waals surface area contributed by atoms with Crippen LogP contribution in [0.15, 0.2) is 115 Å². The number of thiophene rings is 1. The summed E-state index contributed by atoms with van der Waals surface area (Å²) in [6, 6.07) is 40.5. The molecule has 17 nitrogen and oxygen atoms in total. The van der Waals surface area contributed by atoms with E-state index >= 15 is 0 Å². The van der Waals surface area contributed by atoms with E-state index in [0.29, 0.717) is 67.2 Å². The standard InChI is InChI=1S/C20H29F3O7S.C20H32O2.C18H13S.C17H26O.C14H20O3.C12H20O4/c1-4-17(2,3)15(24)30-19-8-12-5-13(9-19)7-18(6-12,11-19)16(25)29-14(20(21,22)23)10-31(26,27)28;1-5-19(3,4)18(21)22-20(6-2)11-14-10-15(20)17-13-8-7-12(9-13)16(14)17;1-2-8-14(9-3-1)19-17-12-6-4-10-15(17)16-11-5-7-13-18(16)19;1-4-14(2)15-8-10-16(11-9-15)18-17(3)12-6-5-7-13-17;1-6-14(4,5)13(16)17-11-7-9(2)12(15)10(3)8-11;1-6-11(3,4)10(14)16-12(5)7-9(13)15-8(12)2/h12-14H,4-11H2,1-3H3,(H,26,27,28);12-17H,5-11H2,1-4H3;1-13H;8-11,14H,4-7,12-13H2,1-3H3;7-8,15H,6H2,1-5H3;8H,6-7H2,1-5H3/q;;+1;;;/p-1. The Morgan fingerprint density at radius 2 is 1.11 bits per heavy atom. The average molecular weight is 1750 g/mol. The molecule has 0 spiro atoms. The van der Waals surface area contributed by atoms with Crippen LogP contribution in [0.25, 0.3) is 25.1 Å². The average Bonchev–Trinajstić information content (AvgIpc) is 1.59. The molecule has 678 valence electrons. The fraction of sp³-hybridized carbons (Fsp3) is 0.644. The molecule has 0 radical (unpaired) electrons. The van der Waals surface area contributed by atoms with Crippen LogP contribution >= 0.6 is 10.5 Å². The van der Waals surface area contributed by atoms with Crippen LogP contribution in [0, 0.1) is 88.3 Å². The third kappa shape index (κ3) is 22.5. The lowest BCUT2D eigenvalue weighted by molar-refractivity contribution is -0.239. The van der Waals surface area contributed by atoms with Crippen LogP contribution in [0.1, 0.15) is 295 Å². The number of hydrogen-bond acceptors (Lipinski definition) is 17. The van der Waals surface area contributed by atoms with Gasteiger partial charge in [-0.15, -0.1) is 0 Å². The van der Waals surface area contributed by atoms with Crippen LogP contribution in [0.2, 0.25) is 0 Å². The van der Waals surface area contributed by atoms with Crippen LogP contribution in [-0.2, 0) is 62.6 Å². The molecule has 0 amide bonds. The van der Waals surface area contributed by atoms with Crippen LogP contribution in [0.3, 0.4) is 0 Å². The largest absolute Gasteiger partial charge is 0.748 e. The third-order valence-electron chi connectivity index (χ3n) is 29.7. The van der Waals surface area contributed by atoms with Crippen molar-refractivity contribution in [3.63, 3.8) is 0 Å². The zero-order valence-electron chi connectivity index (χ0n) is 76.7. The Balaban J connectivity index is 0.000000157. The molecule has 9 saturated carbocycles. The molecule has 1 N–H and O–H groups in total. The fourth-order valence-corrected chi connectivity index (χ4v) is 23.7. The minimum absolute atomic E-state index is 0.00100. The number of halogens is 3. The lowest BCUT2D eigenvalue weighted by Crippen LogP contribution is -2.61. The zero-order chi connectivity index (χ0) is 90.6. The Kier molecular flexibility index (Phi) is 30.6. The Morgan fingerprint density at radius 3 is 1.59 bits per heavy atom. The smallest absolute Gasteiger partial charge is 0.426 e. The Hall–Kier alpha value is -7.56. The number of alkyl halides is 3. The van der Waals surface area contributed by atoms with Crippen LogP contribution in [0.5, 0.6) is 17.2 Å². The number of aromatic hydroxyl groups is 1. The normalized spacial score (nSPS) is 27.4. The van der Waals surface area contributed by atoms with E-state index in [-0.39, 0.29) is 87.5 Å². The molecule has 1 saturated heterocycles. The number of esters is 6. The van der Waals surface area contributed by atoms with Gasteiger partial charge in [0.2, 0.25) is 6.10 Å². The van der Waals surface area contributed by atoms with Crippen molar-refractivity contribution in [2.75, 3.05) is 5.75 Å². The van der Waals surface area contributed by atoms with E-state index in [1.807, 2.05) is 62.3 Å². The monoisotopic (exact) mass is 1740 g/mol. The maximum absolute atomic E-state index is 13.3. The van der Waals surface area contributed by atoms with Crippen LogP contribution in [0.4, 0.5) is 13.2 Å². The number of benzene rings is 5. The number of phenolic OH excluding ortho intramolecular Hbond substituents is 1. The highest BCUT2D eigenvalue weighted by Gasteiger charge is 2.69. The highest BCUT2D eigenvalue weighted by atomic mass is 32.2. The molecule has 16 rings (SSSR count). The number of hydrogen-bond donors (Lipinski definition) is 1. The summed E-state index contributed by atoms with van der Waals surface area (Å²) in [4.78, 5) is 74.8. The molecule has 22 heteroatoms. The fourth-order valence-electron chi connectivity index (χ4n) is 20.6. The Labute approximate surface area is 732 Å². The van der Waals surface area contributed by atoms with Gasteiger partial charge >= 0.3 is 42.0 Å². The molecule has 8 bridgehead atoms. The number of ether oxygens (including phenoxy) is 7. The molecule has 13 atom stereocenters. The van der Waals surface area contributed by atoms with Crippen molar-refractivity contribution in [3.05, 3.63) is 132 Å². The zero-order valence-corrected chi connectivity index (χ0v) is 78.4. The van der Waals surface area contributed by atoms with Gasteiger partial charge in [-0.3, -0.25) is 28.8 Å². The van der Waals surface area contributed by atoms with E-state index in [4.69, 9.17) is 28.4 Å². The molecular weight excluding hydrogens is 1610 g/mol. The maximum Gasteiger partial charge on any atom is 0.426 e. The molecule has 10 fully saturated rings. The SMILES string of the molecule is CCC(C)(C)C(=O)OC1(C)CC(=O)OC1C.CCC(C)(C)C(=O)OC1(CC)CC2CC1C1C3CCC(C3)C21.CCC(C)(C)C(=O)OC12CC3CC(C1)CC(C(=O)OC(CS(=O)(=O)[O-])C(F)(F)F)(C3)C2.CCC(C)(C)C(=O)Oc1cc(C)c(O)c(C)c1.CCC(C)c1ccc(OC2(C)CCCCC2)cc1.c1ccc(-[s+]2c3ccccc3c3ccccc32)cc1. The van der Waals surface area contributed by atoms with Crippen molar-refractivity contribution in [1.29, 1.82) is 0 Å². The van der Waals surface area contributed by atoms with Gasteiger partial charge in [0.15, 0.2) is 19.9 Å². The molecule has 13 unspecified atom stereocenters. The lowest BCUT2D eigenvalue weighted by atomic mass is 9.48. The number of phenols is 1. The van der Waals surface area contributed by atoms with Gasteiger partial charge in [0.05, 0.1) is 49.4 Å². The van der Waals surface area contributed by atoms with Gasteiger partial charge in [0.1, 0.15) is 40.2 Å². The highest BCUT2D eigenvalue weighted by Crippen LogP contribution is 2.71. The number of fused-ring (bicyclic) bond motifs is 12. The highest BCUT2D eigenvalue weighted by molar-refractivity contribution is 7.85. The Morgan fingerprint density at radius 1 is 0.610 bits per heavy atom. The van der Waals surface area contributed by atoms with Crippen molar-refractivity contribution >= 4 is 76.6 Å². The molecule has 9 aliphatic carbocycles. The second-order valence-electron chi connectivity index (χ2n) is 40.4. The summed E-state index contributed by atoms with van der Waals surface area (Å²) < 4.78 is 114. The number of carbonyl (C=O) groups excluding carboxylic acids is 6. The summed E-state index contributed by atoms with van der Waals surface area (Å²) in [5.74, 6) is 3.55. The first kappa shape index (κ1) is 97.6. The summed E-state index contributed by atoms with van der Waals surface area (Å²) in [6.45, 7) is 38.8. The van der Waals surface area contributed by atoms with Crippen molar-refractivity contribution in [1.82, 2.24) is 0 Å². The molecule has 1 aliphatic heterocycles. The van der Waals surface area contributed by atoms with Gasteiger partial charge in [-0.1, -0.05) is 109 Å². The Bertz CT molecular complexity index is 4720. The van der Waals surface area contributed by atoms with Gasteiger partial charge in [-0.05, 0) is 343 Å². The molecule has 1 aromatic heterocycles. The number of aryl methyl sites for hydroxylation is 2. The third-order valence-corrected chi connectivity index (χ3v) is 32.8. The van der Waals surface area contributed by atoms with E-state index in [0.717, 1.165) is 67.4 Å². The minimum Gasteiger partial charge on any atom is -0.748 e. The first-order chi connectivity index (χ1) is 57.5. The van der Waals surface area contributed by atoms with Gasteiger partial charge < -0.3 is 42.8 Å². The maximum atomic E-state index is 13.3. The number of cyclic esters (lactones) is 1. The topological polar surface area (TPSA) is 244 Å². The van der Waals surface area contributed by atoms with Gasteiger partial charge in [-0.2, -0.15) is 13.2 Å². The second-order valence-corrected chi connectivity index (χ2v) is 43.8. The first-order valence-electron chi connectivity index (χ1n) is 45.4. The molecule has 10 aliphatic rings. The van der Waals surface area contributed by atoms with Crippen molar-refractivity contribution < 1.29 is 93.2 Å². The lowest BCUT2D eigenvalue weighted by Gasteiger charge is -2.60. The molecule has 6 aromatic rings. The van der Waals surface area contributed by atoms with E-state index in [1.54, 1.807) is 53.7 Å². The van der Waals surface area contributed by atoms with Crippen LogP contribution < -0.4 is 9.47 Å². The minimum atomic E-state index is -5.27. The van der Waals surface area contributed by atoms with E-state index < -0.39 is 73.0 Å². The van der Waals surface area contributed by atoms with E-state index in [1.165, 1.54) is 94.8 Å². The quantitative estimate of drug-likeness (QED) is 0.0166. The first-order valence-corrected chi connectivity index (χ1v) is 48.2. The van der Waals surface area contributed by atoms with Crippen molar-refractivity contribution in [2.24, 2.45) is 74.4 Å². The van der Waals surface area contributed by atoms with Crippen LogP contribution in [-0.4, -0.2) is 100 Å². The molecule has 5 aromatic carbocycles. The van der Waals surface area contributed by atoms with Gasteiger partial charge in [0, 0.05) is 33.6 Å². The van der Waals surface area contributed by atoms with E-state index in [9.17, 15) is 60.0 Å². The summed E-state index contributed by atoms with van der Waals surface area (Å²) >= 11 is 0. The number of carbonyl (C=O) groups is 6. The predicted octanol–water partition coefficient (Wildman–Crippen LogP) is 24.6. The number of rotatable bonds is 22. The summed E-state index contributed by atoms with van der Waals surface area (Å²) in [6.07, 6.45) is 12.4. The summed E-state index contributed by atoms with van der Waals surface area (Å²) in [5, 5.41) is 12.4.